The first-order valence-electron chi connectivity index (χ1n) is 6.86. The lowest BCUT2D eigenvalue weighted by Gasteiger charge is -2.32. The van der Waals surface area contributed by atoms with Crippen molar-refractivity contribution in [2.45, 2.75) is 51.2 Å². The van der Waals surface area contributed by atoms with Crippen LogP contribution < -0.4 is 5.32 Å². The van der Waals surface area contributed by atoms with Gasteiger partial charge in [-0.25, -0.2) is 4.79 Å². The number of carbonyl (C=O) groups excluding carboxylic acids is 1. The van der Waals surface area contributed by atoms with Gasteiger partial charge in [0.1, 0.15) is 0 Å². The average molecular weight is 272 g/mol. The fourth-order valence-corrected chi connectivity index (χ4v) is 2.35. The number of carboxylic acids is 1. The molecule has 1 fully saturated rings. The highest BCUT2D eigenvalue weighted by Gasteiger charge is 2.24. The van der Waals surface area contributed by atoms with E-state index in [1.165, 1.54) is 0 Å². The van der Waals surface area contributed by atoms with Crippen molar-refractivity contribution in [2.75, 3.05) is 20.2 Å². The highest BCUT2D eigenvalue weighted by Crippen LogP contribution is 2.13. The number of nitrogens with one attached hydrogen (secondary N) is 1. The van der Waals surface area contributed by atoms with Gasteiger partial charge in [-0.05, 0) is 19.3 Å². The molecule has 0 aromatic rings. The minimum atomic E-state index is -0.878. The average Bonchev–Trinajstić information content (AvgIpc) is 2.38. The second-order valence-electron chi connectivity index (χ2n) is 4.96. The molecule has 0 bridgehead atoms. The quantitative estimate of drug-likeness (QED) is 0.767. The zero-order valence-electron chi connectivity index (χ0n) is 11.7. The van der Waals surface area contributed by atoms with Crippen molar-refractivity contribution in [2.24, 2.45) is 0 Å². The largest absolute Gasteiger partial charge is 0.481 e. The van der Waals surface area contributed by atoms with Crippen LogP contribution >= 0.6 is 0 Å². The molecular formula is C13H24N2O4. The monoisotopic (exact) mass is 272 g/mol. The Kier molecular flexibility index (Phi) is 6.62. The Morgan fingerprint density at radius 1 is 1.42 bits per heavy atom. The molecule has 1 aliphatic heterocycles. The van der Waals surface area contributed by atoms with Crippen LogP contribution in [0.3, 0.4) is 0 Å². The van der Waals surface area contributed by atoms with E-state index < -0.39 is 5.97 Å². The van der Waals surface area contributed by atoms with Gasteiger partial charge in [-0.1, -0.05) is 13.3 Å². The smallest absolute Gasteiger partial charge is 0.317 e. The zero-order valence-corrected chi connectivity index (χ0v) is 11.7. The van der Waals surface area contributed by atoms with E-state index in [9.17, 15) is 9.59 Å². The first-order valence-corrected chi connectivity index (χ1v) is 6.86. The molecule has 6 heteroatoms. The number of piperidine rings is 1. The number of rotatable bonds is 6. The van der Waals surface area contributed by atoms with Crippen molar-refractivity contribution in [3.63, 3.8) is 0 Å². The Bertz CT molecular complexity index is 301. The van der Waals surface area contributed by atoms with Crippen LogP contribution in [0.2, 0.25) is 0 Å². The highest BCUT2D eigenvalue weighted by atomic mass is 16.5. The van der Waals surface area contributed by atoms with E-state index in [4.69, 9.17) is 9.84 Å². The van der Waals surface area contributed by atoms with E-state index in [0.29, 0.717) is 19.5 Å². The predicted molar refractivity (Wildman–Crippen MR) is 71.1 cm³/mol. The Labute approximate surface area is 114 Å². The molecule has 2 N–H and O–H groups in total. The van der Waals surface area contributed by atoms with Gasteiger partial charge in [0, 0.05) is 26.2 Å². The van der Waals surface area contributed by atoms with Gasteiger partial charge in [-0.3, -0.25) is 4.79 Å². The molecule has 2 amide bonds. The van der Waals surface area contributed by atoms with E-state index >= 15 is 0 Å². The van der Waals surface area contributed by atoms with Crippen molar-refractivity contribution >= 4 is 12.0 Å². The maximum atomic E-state index is 12.0. The van der Waals surface area contributed by atoms with Gasteiger partial charge in [0.25, 0.3) is 0 Å². The molecule has 0 aromatic carbocycles. The summed E-state index contributed by atoms with van der Waals surface area (Å²) in [6.07, 6.45) is 3.42. The normalized spacial score (nSPS) is 18.1. The number of carbonyl (C=O) groups is 2. The van der Waals surface area contributed by atoms with Crippen LogP contribution in [0.5, 0.6) is 0 Å². The number of likely N-dealkylation sites (tertiary alicyclic amines) is 1. The van der Waals surface area contributed by atoms with Crippen LogP contribution in [0.15, 0.2) is 0 Å². The summed E-state index contributed by atoms with van der Waals surface area (Å²) < 4.78 is 5.26. The van der Waals surface area contributed by atoms with Crippen LogP contribution in [0.4, 0.5) is 4.79 Å². The lowest BCUT2D eigenvalue weighted by molar-refractivity contribution is -0.137. The highest BCUT2D eigenvalue weighted by molar-refractivity contribution is 5.76. The molecule has 0 aliphatic carbocycles. The number of hydrogen-bond donors (Lipinski definition) is 2. The van der Waals surface area contributed by atoms with Crippen molar-refractivity contribution in [1.29, 1.82) is 0 Å². The molecular weight excluding hydrogens is 248 g/mol. The van der Waals surface area contributed by atoms with Gasteiger partial charge in [0.15, 0.2) is 0 Å². The maximum Gasteiger partial charge on any atom is 0.317 e. The molecule has 110 valence electrons. The molecule has 0 saturated carbocycles. The van der Waals surface area contributed by atoms with E-state index in [-0.39, 0.29) is 24.6 Å². The molecule has 1 atom stereocenters. The van der Waals surface area contributed by atoms with Gasteiger partial charge >= 0.3 is 12.0 Å². The Balaban J connectivity index is 2.41. The summed E-state index contributed by atoms with van der Waals surface area (Å²) >= 11 is 0. The third kappa shape index (κ3) is 5.46. The third-order valence-corrected chi connectivity index (χ3v) is 3.45. The molecule has 0 aromatic heterocycles. The number of nitrogens with zero attached hydrogens (tertiary/aromatic N) is 1. The van der Waals surface area contributed by atoms with Crippen molar-refractivity contribution in [3.05, 3.63) is 0 Å². The molecule has 0 spiro atoms. The van der Waals surface area contributed by atoms with E-state index in [2.05, 4.69) is 5.32 Å². The minimum Gasteiger partial charge on any atom is -0.481 e. The molecule has 6 nitrogen and oxygen atoms in total. The summed E-state index contributed by atoms with van der Waals surface area (Å²) in [4.78, 5) is 24.5. The molecule has 1 heterocycles. The van der Waals surface area contributed by atoms with Crippen molar-refractivity contribution < 1.29 is 19.4 Å². The summed E-state index contributed by atoms with van der Waals surface area (Å²) in [6, 6.07) is -0.440. The third-order valence-electron chi connectivity index (χ3n) is 3.45. The molecule has 1 aliphatic rings. The predicted octanol–water partition coefficient (Wildman–Crippen LogP) is 1.45. The van der Waals surface area contributed by atoms with E-state index in [1.807, 2.05) is 6.92 Å². The van der Waals surface area contributed by atoms with E-state index in [1.54, 1.807) is 12.0 Å². The number of urea groups is 1. The zero-order chi connectivity index (χ0) is 14.3. The summed E-state index contributed by atoms with van der Waals surface area (Å²) in [6.45, 7) is 3.30. The molecule has 0 radical (unpaired) electrons. The fraction of sp³-hybridized carbons (Fsp3) is 0.846. The summed E-state index contributed by atoms with van der Waals surface area (Å²) in [7, 11) is 1.69. The SMILES string of the molecule is CCCC(CC(=O)O)NC(=O)N1CCC(OC)CC1. The number of carboxylic acid groups (broad SMARTS) is 1. The van der Waals surface area contributed by atoms with Crippen LogP contribution in [0.1, 0.15) is 39.0 Å². The standard InChI is InChI=1S/C13H24N2O4/c1-3-4-10(9-12(16)17)14-13(18)15-7-5-11(19-2)6-8-15/h10-11H,3-9H2,1-2H3,(H,14,18)(H,16,17). The number of aliphatic carboxylic acids is 1. The summed E-state index contributed by atoms with van der Waals surface area (Å²) in [5.74, 6) is -0.878. The van der Waals surface area contributed by atoms with Crippen LogP contribution in [0.25, 0.3) is 0 Å². The molecule has 1 unspecified atom stereocenters. The summed E-state index contributed by atoms with van der Waals surface area (Å²) in [5.41, 5.74) is 0. The molecule has 1 saturated heterocycles. The number of amides is 2. The fourth-order valence-electron chi connectivity index (χ4n) is 2.35. The first kappa shape index (κ1) is 15.8. The Morgan fingerprint density at radius 3 is 2.53 bits per heavy atom. The second kappa shape index (κ2) is 7.99. The van der Waals surface area contributed by atoms with Gasteiger partial charge < -0.3 is 20.1 Å². The maximum absolute atomic E-state index is 12.0. The number of methoxy groups -OCH3 is 1. The molecule has 19 heavy (non-hydrogen) atoms. The topological polar surface area (TPSA) is 78.9 Å². The van der Waals surface area contributed by atoms with Crippen LogP contribution in [0, 0.1) is 0 Å². The molecule has 1 rings (SSSR count). The minimum absolute atomic E-state index is 0.0197. The second-order valence-corrected chi connectivity index (χ2v) is 4.96. The van der Waals surface area contributed by atoms with Gasteiger partial charge in [0.05, 0.1) is 12.5 Å². The lowest BCUT2D eigenvalue weighted by atomic mass is 10.1. The van der Waals surface area contributed by atoms with E-state index in [0.717, 1.165) is 19.3 Å². The Hall–Kier alpha value is -1.30. The Morgan fingerprint density at radius 2 is 2.05 bits per heavy atom. The number of ether oxygens (including phenoxy) is 1. The van der Waals surface area contributed by atoms with Gasteiger partial charge in [0.2, 0.25) is 0 Å². The van der Waals surface area contributed by atoms with Gasteiger partial charge in [-0.2, -0.15) is 0 Å². The first-order chi connectivity index (χ1) is 9.06. The summed E-state index contributed by atoms with van der Waals surface area (Å²) in [5, 5.41) is 11.6. The van der Waals surface area contributed by atoms with Crippen LogP contribution in [-0.4, -0.2) is 54.4 Å². The number of hydrogen-bond acceptors (Lipinski definition) is 3. The lowest BCUT2D eigenvalue weighted by Crippen LogP contribution is -2.49. The van der Waals surface area contributed by atoms with Crippen LogP contribution in [-0.2, 0) is 9.53 Å². The van der Waals surface area contributed by atoms with Crippen molar-refractivity contribution in [3.8, 4) is 0 Å². The van der Waals surface area contributed by atoms with Gasteiger partial charge in [-0.15, -0.1) is 0 Å². The van der Waals surface area contributed by atoms with Crippen molar-refractivity contribution in [1.82, 2.24) is 10.2 Å².